The van der Waals surface area contributed by atoms with E-state index in [1.807, 2.05) is 0 Å². The van der Waals surface area contributed by atoms with Gasteiger partial charge in [-0.15, -0.1) is 0 Å². The largest absolute Gasteiger partial charge is 0.376 e. The third kappa shape index (κ3) is 2.43. The van der Waals surface area contributed by atoms with Crippen molar-refractivity contribution in [3.8, 4) is 0 Å². The number of nitrogens with zero attached hydrogens (tertiary/aromatic N) is 2. The van der Waals surface area contributed by atoms with Crippen molar-refractivity contribution in [2.75, 3.05) is 18.5 Å². The first-order valence-corrected chi connectivity index (χ1v) is 7.21. The van der Waals surface area contributed by atoms with E-state index in [1.165, 1.54) is 4.57 Å². The van der Waals surface area contributed by atoms with E-state index in [-0.39, 0.29) is 11.8 Å². The Balaban J connectivity index is 2.12. The molecule has 0 amide bonds. The predicted molar refractivity (Wildman–Crippen MR) is 83.3 cm³/mol. The van der Waals surface area contributed by atoms with Gasteiger partial charge in [0.15, 0.2) is 0 Å². The molecule has 0 aliphatic carbocycles. The summed E-state index contributed by atoms with van der Waals surface area (Å²) in [6.45, 7) is 1.17. The van der Waals surface area contributed by atoms with Gasteiger partial charge in [0.2, 0.25) is 0 Å². The van der Waals surface area contributed by atoms with Crippen LogP contribution in [-0.4, -0.2) is 28.7 Å². The number of hydrogen-bond donors (Lipinski definition) is 1. The molecule has 7 heteroatoms. The highest BCUT2D eigenvalue weighted by atomic mass is 16.6. The molecule has 1 aliphatic rings. The predicted octanol–water partition coefficient (Wildman–Crippen LogP) is 2.04. The third-order valence-electron chi connectivity index (χ3n) is 3.99. The number of anilines is 1. The lowest BCUT2D eigenvalue weighted by atomic mass is 10.1. The van der Waals surface area contributed by atoms with Crippen molar-refractivity contribution in [3.63, 3.8) is 0 Å². The Hall–Kier alpha value is -2.41. The summed E-state index contributed by atoms with van der Waals surface area (Å²) in [6.07, 6.45) is 1.94. The first kappa shape index (κ1) is 14.5. The molecule has 2 aromatic rings. The Kier molecular flexibility index (Phi) is 3.81. The molecule has 1 aromatic carbocycles. The normalized spacial score (nSPS) is 17.8. The number of fused-ring (bicyclic) bond motifs is 1. The van der Waals surface area contributed by atoms with Gasteiger partial charge in [-0.1, -0.05) is 18.2 Å². The number of pyridine rings is 1. The quantitative estimate of drug-likeness (QED) is 0.690. The molecule has 0 unspecified atom stereocenters. The molecule has 1 N–H and O–H groups in total. The molecular formula is C15H17N3O4. The highest BCUT2D eigenvalue weighted by Crippen LogP contribution is 2.30. The lowest BCUT2D eigenvalue weighted by Crippen LogP contribution is -2.25. The van der Waals surface area contributed by atoms with Gasteiger partial charge in [0.25, 0.3) is 0 Å². The zero-order valence-corrected chi connectivity index (χ0v) is 12.2. The fraction of sp³-hybridized carbons (Fsp3) is 0.400. The molecule has 1 aromatic heterocycles. The molecule has 0 spiro atoms. The average molecular weight is 303 g/mol. The van der Waals surface area contributed by atoms with Crippen molar-refractivity contribution in [1.29, 1.82) is 0 Å². The number of aryl methyl sites for hydroxylation is 1. The maximum absolute atomic E-state index is 12.3. The number of para-hydroxylation sites is 1. The maximum atomic E-state index is 12.3. The van der Waals surface area contributed by atoms with E-state index in [0.29, 0.717) is 24.1 Å². The number of nitrogens with one attached hydrogen (secondary N) is 1. The van der Waals surface area contributed by atoms with E-state index in [1.54, 1.807) is 31.3 Å². The second-order valence-corrected chi connectivity index (χ2v) is 5.38. The van der Waals surface area contributed by atoms with Crippen LogP contribution in [0.4, 0.5) is 11.4 Å². The molecule has 7 nitrogen and oxygen atoms in total. The zero-order chi connectivity index (χ0) is 15.7. The number of nitro groups is 1. The van der Waals surface area contributed by atoms with Crippen LogP contribution in [0.3, 0.4) is 0 Å². The molecule has 116 valence electrons. The number of aromatic nitrogens is 1. The van der Waals surface area contributed by atoms with Gasteiger partial charge in [-0.2, -0.15) is 0 Å². The Morgan fingerprint density at radius 3 is 2.91 bits per heavy atom. The summed E-state index contributed by atoms with van der Waals surface area (Å²) in [7, 11) is 1.54. The van der Waals surface area contributed by atoms with Gasteiger partial charge in [0.05, 0.1) is 16.5 Å². The minimum absolute atomic E-state index is 0.0300. The molecule has 0 saturated carbocycles. The topological polar surface area (TPSA) is 86.4 Å². The number of rotatable bonds is 4. The summed E-state index contributed by atoms with van der Waals surface area (Å²) in [5, 5.41) is 15.1. The monoisotopic (exact) mass is 303 g/mol. The summed E-state index contributed by atoms with van der Waals surface area (Å²) in [4.78, 5) is 23.0. The standard InChI is InChI=1S/C15H17N3O4/c1-17-12-7-3-2-6-11(12)13(14(15(17)19)18(20)21)16-9-10-5-4-8-22-10/h2-3,6-7,10,16H,4-5,8-9H2,1H3/t10-/m0/s1. The Bertz CT molecular complexity index is 778. The van der Waals surface area contributed by atoms with E-state index in [0.717, 1.165) is 12.8 Å². The molecule has 2 heterocycles. The van der Waals surface area contributed by atoms with Crippen molar-refractivity contribution in [2.24, 2.45) is 7.05 Å². The van der Waals surface area contributed by atoms with Crippen LogP contribution in [0.25, 0.3) is 10.9 Å². The van der Waals surface area contributed by atoms with Gasteiger partial charge < -0.3 is 14.6 Å². The summed E-state index contributed by atoms with van der Waals surface area (Å²) in [5.41, 5.74) is -0.0927. The van der Waals surface area contributed by atoms with Crippen LogP contribution in [-0.2, 0) is 11.8 Å². The van der Waals surface area contributed by atoms with E-state index in [9.17, 15) is 14.9 Å². The van der Waals surface area contributed by atoms with E-state index in [2.05, 4.69) is 5.32 Å². The molecule has 1 saturated heterocycles. The van der Waals surface area contributed by atoms with E-state index >= 15 is 0 Å². The molecule has 22 heavy (non-hydrogen) atoms. The lowest BCUT2D eigenvalue weighted by molar-refractivity contribution is -0.385. The van der Waals surface area contributed by atoms with Gasteiger partial charge in [-0.3, -0.25) is 14.9 Å². The molecule has 1 fully saturated rings. The average Bonchev–Trinajstić information content (AvgIpc) is 3.02. The van der Waals surface area contributed by atoms with Crippen molar-refractivity contribution in [2.45, 2.75) is 18.9 Å². The Labute approximate surface area is 126 Å². The Morgan fingerprint density at radius 1 is 1.45 bits per heavy atom. The first-order chi connectivity index (χ1) is 10.6. The second-order valence-electron chi connectivity index (χ2n) is 5.38. The summed E-state index contributed by atoms with van der Waals surface area (Å²) in [6, 6.07) is 7.16. The van der Waals surface area contributed by atoms with Gasteiger partial charge in [0.1, 0.15) is 5.69 Å². The minimum atomic E-state index is -0.618. The number of ether oxygens (including phenoxy) is 1. The minimum Gasteiger partial charge on any atom is -0.376 e. The fourth-order valence-electron chi connectivity index (χ4n) is 2.85. The maximum Gasteiger partial charge on any atom is 0.357 e. The summed E-state index contributed by atoms with van der Waals surface area (Å²) in [5.74, 6) is 0. The van der Waals surface area contributed by atoms with Gasteiger partial charge in [0, 0.05) is 25.6 Å². The molecule has 0 radical (unpaired) electrons. The van der Waals surface area contributed by atoms with Crippen LogP contribution in [0.15, 0.2) is 29.1 Å². The molecular weight excluding hydrogens is 286 g/mol. The van der Waals surface area contributed by atoms with Gasteiger partial charge in [-0.25, -0.2) is 0 Å². The molecule has 3 rings (SSSR count). The fourth-order valence-corrected chi connectivity index (χ4v) is 2.85. The van der Waals surface area contributed by atoms with E-state index < -0.39 is 16.2 Å². The highest BCUT2D eigenvalue weighted by molar-refractivity contribution is 5.96. The molecule has 1 aliphatic heterocycles. The number of benzene rings is 1. The van der Waals surface area contributed by atoms with Crippen LogP contribution < -0.4 is 10.9 Å². The molecule has 1 atom stereocenters. The third-order valence-corrected chi connectivity index (χ3v) is 3.99. The Morgan fingerprint density at radius 2 is 2.23 bits per heavy atom. The first-order valence-electron chi connectivity index (χ1n) is 7.21. The summed E-state index contributed by atoms with van der Waals surface area (Å²) < 4.78 is 6.84. The lowest BCUT2D eigenvalue weighted by Gasteiger charge is -2.15. The van der Waals surface area contributed by atoms with Crippen molar-refractivity contribution < 1.29 is 9.66 Å². The SMILES string of the molecule is Cn1c(=O)c([N+](=O)[O-])c(NC[C@@H]2CCCO2)c2ccccc21. The van der Waals surface area contributed by atoms with Gasteiger partial charge in [-0.05, 0) is 18.9 Å². The smallest absolute Gasteiger partial charge is 0.357 e. The van der Waals surface area contributed by atoms with Crippen LogP contribution in [0, 0.1) is 10.1 Å². The highest BCUT2D eigenvalue weighted by Gasteiger charge is 2.25. The van der Waals surface area contributed by atoms with Crippen LogP contribution in [0.5, 0.6) is 0 Å². The van der Waals surface area contributed by atoms with E-state index in [4.69, 9.17) is 4.74 Å². The zero-order valence-electron chi connectivity index (χ0n) is 12.2. The number of hydrogen-bond acceptors (Lipinski definition) is 5. The van der Waals surface area contributed by atoms with Gasteiger partial charge >= 0.3 is 11.2 Å². The van der Waals surface area contributed by atoms with Crippen LogP contribution in [0.1, 0.15) is 12.8 Å². The molecule has 0 bridgehead atoms. The van der Waals surface area contributed by atoms with Crippen molar-refractivity contribution in [3.05, 3.63) is 44.7 Å². The van der Waals surface area contributed by atoms with Crippen LogP contribution >= 0.6 is 0 Å². The van der Waals surface area contributed by atoms with Crippen LogP contribution in [0.2, 0.25) is 0 Å². The second kappa shape index (κ2) is 5.76. The van der Waals surface area contributed by atoms with Crippen molar-refractivity contribution >= 4 is 22.3 Å². The van der Waals surface area contributed by atoms with Crippen molar-refractivity contribution in [1.82, 2.24) is 4.57 Å². The summed E-state index contributed by atoms with van der Waals surface area (Å²) >= 11 is 0.